The van der Waals surface area contributed by atoms with Crippen LogP contribution in [-0.4, -0.2) is 53.8 Å². The molecule has 38 heavy (non-hydrogen) atoms. The zero-order valence-electron chi connectivity index (χ0n) is 22.0. The molecule has 1 amide bonds. The van der Waals surface area contributed by atoms with Crippen LogP contribution in [0, 0.1) is 0 Å². The molecule has 0 saturated heterocycles. The molecule has 0 fully saturated rings. The topological polar surface area (TPSA) is 106 Å². The second-order valence-electron chi connectivity index (χ2n) is 9.93. The average molecular weight is 588 g/mol. The first-order valence-electron chi connectivity index (χ1n) is 12.5. The Balaban J connectivity index is 2.00. The molecule has 0 aromatic heterocycles. The summed E-state index contributed by atoms with van der Waals surface area (Å²) in [4.78, 5) is 31.2. The maximum atomic E-state index is 13.7. The normalized spacial score (nSPS) is 18.8. The Morgan fingerprint density at radius 3 is 2.47 bits per heavy atom. The van der Waals surface area contributed by atoms with Gasteiger partial charge in [-0.3, -0.25) is 9.59 Å². The Kier molecular flexibility index (Phi) is 10.1. The van der Waals surface area contributed by atoms with Crippen LogP contribution in [-0.2, 0) is 19.1 Å². The summed E-state index contributed by atoms with van der Waals surface area (Å²) in [6.07, 6.45) is 1.40. The predicted molar refractivity (Wildman–Crippen MR) is 149 cm³/mol. The largest absolute Gasteiger partial charge is 0.494 e. The Bertz CT molecular complexity index is 1140. The van der Waals surface area contributed by atoms with Crippen LogP contribution < -0.4 is 10.1 Å². The van der Waals surface area contributed by atoms with Gasteiger partial charge in [-0.25, -0.2) is 4.99 Å². The Labute approximate surface area is 232 Å². The van der Waals surface area contributed by atoms with Gasteiger partial charge in [0.2, 0.25) is 5.90 Å². The first-order chi connectivity index (χ1) is 18.1. The molecule has 9 heteroatoms. The van der Waals surface area contributed by atoms with Gasteiger partial charge in [0.1, 0.15) is 11.4 Å². The molecule has 1 aliphatic heterocycles. The highest BCUT2D eigenvalue weighted by atomic mass is 79.9. The monoisotopic (exact) mass is 586 g/mol. The molecule has 1 aliphatic rings. The van der Waals surface area contributed by atoms with Crippen molar-refractivity contribution in [2.24, 2.45) is 4.99 Å². The van der Waals surface area contributed by atoms with Crippen LogP contribution in [0.15, 0.2) is 70.7 Å². The summed E-state index contributed by atoms with van der Waals surface area (Å²) in [6.45, 7) is 9.79. The summed E-state index contributed by atoms with van der Waals surface area (Å²) in [5, 5.41) is 11.8. The van der Waals surface area contributed by atoms with Crippen LogP contribution in [0.5, 0.6) is 5.75 Å². The maximum Gasteiger partial charge on any atom is 0.306 e. The molecule has 1 heterocycles. The van der Waals surface area contributed by atoms with Crippen molar-refractivity contribution in [2.45, 2.75) is 57.3 Å². The molecule has 3 rings (SSSR count). The third kappa shape index (κ3) is 7.68. The third-order valence-electron chi connectivity index (χ3n) is 5.74. The number of carbonyl (C=O) groups is 2. The van der Waals surface area contributed by atoms with Crippen LogP contribution in [0.4, 0.5) is 0 Å². The average Bonchev–Trinajstić information content (AvgIpc) is 3.27. The van der Waals surface area contributed by atoms with Gasteiger partial charge in [0.05, 0.1) is 6.61 Å². The van der Waals surface area contributed by atoms with E-state index in [1.165, 1.54) is 0 Å². The lowest BCUT2D eigenvalue weighted by Crippen LogP contribution is -2.48. The number of halogens is 1. The lowest BCUT2D eigenvalue weighted by Gasteiger charge is -2.30. The lowest BCUT2D eigenvalue weighted by atomic mass is 9.83. The zero-order valence-corrected chi connectivity index (χ0v) is 23.6. The minimum absolute atomic E-state index is 0.0242. The Morgan fingerprint density at radius 1 is 1.18 bits per heavy atom. The maximum absolute atomic E-state index is 13.7. The Hall–Kier alpha value is -3.17. The number of carbonyl (C=O) groups excluding carboxylic acids is 2. The molecule has 2 atom stereocenters. The summed E-state index contributed by atoms with van der Waals surface area (Å²) in [5.74, 6) is 0.145. The molecule has 0 bridgehead atoms. The fourth-order valence-electron chi connectivity index (χ4n) is 4.01. The molecule has 0 unspecified atom stereocenters. The van der Waals surface area contributed by atoms with Gasteiger partial charge in [-0.2, -0.15) is 0 Å². The number of aliphatic hydroxyl groups excluding tert-OH is 1. The van der Waals surface area contributed by atoms with E-state index < -0.39 is 23.2 Å². The molecule has 0 radical (unpaired) electrons. The molecule has 2 N–H and O–H groups in total. The smallest absolute Gasteiger partial charge is 0.306 e. The van der Waals surface area contributed by atoms with Crippen molar-refractivity contribution < 1.29 is 28.9 Å². The number of benzene rings is 2. The molecule has 0 aliphatic carbocycles. The van der Waals surface area contributed by atoms with Crippen molar-refractivity contribution in [1.29, 1.82) is 0 Å². The van der Waals surface area contributed by atoms with E-state index in [4.69, 9.17) is 24.3 Å². The summed E-state index contributed by atoms with van der Waals surface area (Å²) in [7, 11) is 0. The molecule has 2 aromatic carbocycles. The van der Waals surface area contributed by atoms with E-state index in [0.717, 1.165) is 10.0 Å². The van der Waals surface area contributed by atoms with Crippen LogP contribution in [0.2, 0.25) is 0 Å². The van der Waals surface area contributed by atoms with Crippen molar-refractivity contribution >= 4 is 33.7 Å². The summed E-state index contributed by atoms with van der Waals surface area (Å²) >= 11 is 3.45. The summed E-state index contributed by atoms with van der Waals surface area (Å²) in [5.41, 5.74) is -0.660. The number of ether oxygens (including phenoxy) is 3. The molecular formula is C29H35BrN2O6. The van der Waals surface area contributed by atoms with Crippen molar-refractivity contribution in [3.05, 3.63) is 76.8 Å². The van der Waals surface area contributed by atoms with Gasteiger partial charge in [-0.15, -0.1) is 6.58 Å². The van der Waals surface area contributed by atoms with E-state index in [9.17, 15) is 9.59 Å². The third-order valence-corrected chi connectivity index (χ3v) is 6.27. The fraction of sp³-hybridized carbons (Fsp3) is 0.414. The molecule has 2 aromatic rings. The van der Waals surface area contributed by atoms with Gasteiger partial charge in [0, 0.05) is 36.0 Å². The molecule has 204 valence electrons. The van der Waals surface area contributed by atoms with E-state index in [1.54, 1.807) is 51.1 Å². The number of amides is 1. The van der Waals surface area contributed by atoms with Crippen molar-refractivity contribution in [3.8, 4) is 5.75 Å². The number of rotatable bonds is 12. The van der Waals surface area contributed by atoms with Gasteiger partial charge in [0.15, 0.2) is 11.6 Å². The summed E-state index contributed by atoms with van der Waals surface area (Å²) in [6, 6.07) is 14.7. The molecule has 0 spiro atoms. The van der Waals surface area contributed by atoms with Crippen molar-refractivity contribution in [1.82, 2.24) is 5.32 Å². The number of nitrogens with zero attached hydrogens (tertiary/aromatic N) is 1. The van der Waals surface area contributed by atoms with Crippen LogP contribution in [0.1, 0.15) is 57.3 Å². The minimum atomic E-state index is -1.42. The second kappa shape index (κ2) is 13.1. The zero-order chi connectivity index (χ0) is 27.8. The van der Waals surface area contributed by atoms with E-state index in [1.807, 2.05) is 24.3 Å². The van der Waals surface area contributed by atoms with Gasteiger partial charge in [-0.1, -0.05) is 34.1 Å². The number of aliphatic hydroxyl groups is 1. The molecule has 0 saturated carbocycles. The van der Waals surface area contributed by atoms with E-state index in [2.05, 4.69) is 27.8 Å². The Morgan fingerprint density at radius 2 is 1.87 bits per heavy atom. The van der Waals surface area contributed by atoms with E-state index in [-0.39, 0.29) is 37.8 Å². The number of aliphatic imine (C=N–C) groups is 1. The van der Waals surface area contributed by atoms with Gasteiger partial charge in [-0.05, 0) is 69.2 Å². The van der Waals surface area contributed by atoms with Crippen LogP contribution in [0.3, 0.4) is 0 Å². The lowest BCUT2D eigenvalue weighted by molar-refractivity contribution is -0.155. The van der Waals surface area contributed by atoms with Crippen molar-refractivity contribution in [2.75, 3.05) is 19.8 Å². The minimum Gasteiger partial charge on any atom is -0.494 e. The van der Waals surface area contributed by atoms with Gasteiger partial charge < -0.3 is 24.6 Å². The number of hydrogen-bond acceptors (Lipinski definition) is 7. The number of esters is 1. The first-order valence-corrected chi connectivity index (χ1v) is 13.3. The van der Waals surface area contributed by atoms with E-state index >= 15 is 0 Å². The SMILES string of the molecule is C=CCNC(=O)[C@]1(CCC(=O)OC(C)(C)C)N=C(c2ccc(OCCCO)cc2)O[C@@H]1c1ccc(Br)cc1. The first kappa shape index (κ1) is 29.4. The highest BCUT2D eigenvalue weighted by molar-refractivity contribution is 9.10. The highest BCUT2D eigenvalue weighted by Gasteiger charge is 2.53. The highest BCUT2D eigenvalue weighted by Crippen LogP contribution is 2.43. The fourth-order valence-corrected chi connectivity index (χ4v) is 4.28. The summed E-state index contributed by atoms with van der Waals surface area (Å²) < 4.78 is 18.4. The number of hydrogen-bond donors (Lipinski definition) is 2. The van der Waals surface area contributed by atoms with Crippen molar-refractivity contribution in [3.63, 3.8) is 0 Å². The second-order valence-corrected chi connectivity index (χ2v) is 10.8. The van der Waals surface area contributed by atoms with Crippen LogP contribution >= 0.6 is 15.9 Å². The number of nitrogens with one attached hydrogen (secondary N) is 1. The predicted octanol–water partition coefficient (Wildman–Crippen LogP) is 4.89. The molecular weight excluding hydrogens is 552 g/mol. The quantitative estimate of drug-likeness (QED) is 0.208. The standard InChI is InChI=1S/C29H35BrN2O6/c1-5-17-31-27(35)29(16-15-24(34)38-28(2,3)4)25(20-7-11-22(30)12-8-20)37-26(32-29)21-9-13-23(14-10-21)36-19-6-18-33/h5,7-14,25,33H,1,6,15-19H2,2-4H3,(H,31,35)/t25-,29-/m1/s1. The van der Waals surface area contributed by atoms with E-state index in [0.29, 0.717) is 24.3 Å². The van der Waals surface area contributed by atoms with Gasteiger partial charge in [0.25, 0.3) is 5.91 Å². The van der Waals surface area contributed by atoms with Gasteiger partial charge >= 0.3 is 5.97 Å². The molecule has 8 nitrogen and oxygen atoms in total. The van der Waals surface area contributed by atoms with Crippen LogP contribution in [0.25, 0.3) is 0 Å².